The zero-order valence-electron chi connectivity index (χ0n) is 11.5. The molecule has 0 amide bonds. The van der Waals surface area contributed by atoms with Gasteiger partial charge in [0, 0.05) is 12.7 Å². The lowest BCUT2D eigenvalue weighted by Gasteiger charge is -2.00. The third-order valence-corrected chi connectivity index (χ3v) is 4.19. The van der Waals surface area contributed by atoms with Gasteiger partial charge in [-0.1, -0.05) is 30.3 Å². The molecule has 0 bridgehead atoms. The zero-order chi connectivity index (χ0) is 14.7. The Balaban J connectivity index is 2.11. The molecule has 0 aliphatic carbocycles. The predicted molar refractivity (Wildman–Crippen MR) is 83.5 cm³/mol. The summed E-state index contributed by atoms with van der Waals surface area (Å²) in [6.45, 7) is 0.634. The van der Waals surface area contributed by atoms with E-state index in [9.17, 15) is 4.39 Å². The van der Waals surface area contributed by atoms with E-state index < -0.39 is 0 Å². The Kier molecular flexibility index (Phi) is 4.03. The molecule has 0 aliphatic rings. The van der Waals surface area contributed by atoms with Crippen molar-refractivity contribution in [2.24, 2.45) is 0 Å². The summed E-state index contributed by atoms with van der Waals surface area (Å²) in [4.78, 5) is 9.72. The summed E-state index contributed by atoms with van der Waals surface area (Å²) >= 11 is 1.47. The Bertz CT molecular complexity index is 740. The summed E-state index contributed by atoms with van der Waals surface area (Å²) < 4.78 is 13.9. The lowest BCUT2D eigenvalue weighted by Crippen LogP contribution is -2.06. The first-order valence-corrected chi connectivity index (χ1v) is 7.42. The van der Waals surface area contributed by atoms with Gasteiger partial charge in [-0.15, -0.1) is 11.3 Å². The number of aromatic nitrogens is 2. The van der Waals surface area contributed by atoms with Gasteiger partial charge in [-0.25, -0.2) is 9.37 Å². The average molecular weight is 299 g/mol. The molecule has 106 valence electrons. The van der Waals surface area contributed by atoms with Crippen LogP contribution in [0.5, 0.6) is 0 Å². The topological polar surface area (TPSA) is 37.8 Å². The lowest BCUT2D eigenvalue weighted by atomic mass is 10.1. The van der Waals surface area contributed by atoms with Gasteiger partial charge in [-0.3, -0.25) is 4.98 Å². The minimum atomic E-state index is -0.345. The summed E-state index contributed by atoms with van der Waals surface area (Å²) in [5.41, 5.74) is 2.30. The van der Waals surface area contributed by atoms with Gasteiger partial charge in [0.2, 0.25) is 0 Å². The maximum atomic E-state index is 13.9. The van der Waals surface area contributed by atoms with Crippen molar-refractivity contribution in [1.29, 1.82) is 0 Å². The standard InChI is InChI=1S/C16H14FN3S/c1-18-10-13-15(11-6-3-2-4-7-11)21-16(20-13)14-12(17)8-5-9-19-14/h2-9,18H,10H2,1H3. The molecule has 3 aromatic rings. The zero-order valence-corrected chi connectivity index (χ0v) is 12.3. The largest absolute Gasteiger partial charge is 0.314 e. The van der Waals surface area contributed by atoms with Crippen molar-refractivity contribution in [3.8, 4) is 21.1 Å². The van der Waals surface area contributed by atoms with E-state index in [1.807, 2.05) is 37.4 Å². The van der Waals surface area contributed by atoms with E-state index in [1.165, 1.54) is 17.4 Å². The van der Waals surface area contributed by atoms with Gasteiger partial charge in [0.25, 0.3) is 0 Å². The molecule has 0 saturated heterocycles. The number of benzene rings is 1. The first-order chi connectivity index (χ1) is 10.3. The van der Waals surface area contributed by atoms with E-state index in [0.717, 1.165) is 16.1 Å². The van der Waals surface area contributed by atoms with Crippen LogP contribution in [0.3, 0.4) is 0 Å². The lowest BCUT2D eigenvalue weighted by molar-refractivity contribution is 0.625. The average Bonchev–Trinajstić information content (AvgIpc) is 2.93. The van der Waals surface area contributed by atoms with Crippen molar-refractivity contribution in [2.75, 3.05) is 7.05 Å². The quantitative estimate of drug-likeness (QED) is 0.797. The first-order valence-electron chi connectivity index (χ1n) is 6.60. The number of halogens is 1. The number of rotatable bonds is 4. The fraction of sp³-hybridized carbons (Fsp3) is 0.125. The van der Waals surface area contributed by atoms with Crippen LogP contribution in [-0.2, 0) is 6.54 Å². The molecular formula is C16H14FN3S. The summed E-state index contributed by atoms with van der Waals surface area (Å²) in [5.74, 6) is -0.345. The molecule has 3 nitrogen and oxygen atoms in total. The number of thiazole rings is 1. The van der Waals surface area contributed by atoms with Crippen molar-refractivity contribution >= 4 is 11.3 Å². The van der Waals surface area contributed by atoms with Crippen LogP contribution in [0.4, 0.5) is 4.39 Å². The smallest absolute Gasteiger partial charge is 0.151 e. The number of nitrogens with zero attached hydrogens (tertiary/aromatic N) is 2. The van der Waals surface area contributed by atoms with Crippen molar-refractivity contribution in [2.45, 2.75) is 6.54 Å². The summed E-state index contributed by atoms with van der Waals surface area (Å²) in [5, 5.41) is 3.71. The molecule has 0 radical (unpaired) electrons. The third kappa shape index (κ3) is 2.84. The van der Waals surface area contributed by atoms with E-state index in [-0.39, 0.29) is 5.82 Å². The van der Waals surface area contributed by atoms with Crippen LogP contribution in [0.2, 0.25) is 0 Å². The molecule has 0 unspecified atom stereocenters. The van der Waals surface area contributed by atoms with Crippen molar-refractivity contribution in [3.63, 3.8) is 0 Å². The summed E-state index contributed by atoms with van der Waals surface area (Å²) in [6.07, 6.45) is 1.58. The van der Waals surface area contributed by atoms with E-state index in [0.29, 0.717) is 17.2 Å². The Hall–Kier alpha value is -2.11. The maximum Gasteiger partial charge on any atom is 0.151 e. The van der Waals surface area contributed by atoms with Gasteiger partial charge in [-0.2, -0.15) is 0 Å². The van der Waals surface area contributed by atoms with Gasteiger partial charge in [0.15, 0.2) is 5.82 Å². The molecule has 0 fully saturated rings. The summed E-state index contributed by atoms with van der Waals surface area (Å²) in [7, 11) is 1.87. The van der Waals surface area contributed by atoms with Gasteiger partial charge in [0.05, 0.1) is 10.6 Å². The molecule has 2 aromatic heterocycles. The van der Waals surface area contributed by atoms with Crippen molar-refractivity contribution < 1.29 is 4.39 Å². The second kappa shape index (κ2) is 6.11. The SMILES string of the molecule is CNCc1nc(-c2ncccc2F)sc1-c1ccccc1. The minimum absolute atomic E-state index is 0.307. The molecule has 2 heterocycles. The highest BCUT2D eigenvalue weighted by atomic mass is 32.1. The number of hydrogen-bond acceptors (Lipinski definition) is 4. The van der Waals surface area contributed by atoms with E-state index >= 15 is 0 Å². The molecule has 5 heteroatoms. The molecule has 0 atom stereocenters. The maximum absolute atomic E-state index is 13.9. The normalized spacial score (nSPS) is 10.8. The summed E-state index contributed by atoms with van der Waals surface area (Å²) in [6, 6.07) is 13.0. The Morgan fingerprint density at radius 3 is 2.67 bits per heavy atom. The van der Waals surface area contributed by atoms with Crippen LogP contribution in [0.1, 0.15) is 5.69 Å². The first kappa shape index (κ1) is 13.9. The third-order valence-electron chi connectivity index (χ3n) is 3.04. The van der Waals surface area contributed by atoms with Crippen LogP contribution in [0.15, 0.2) is 48.7 Å². The van der Waals surface area contributed by atoms with Crippen molar-refractivity contribution in [1.82, 2.24) is 15.3 Å². The minimum Gasteiger partial charge on any atom is -0.314 e. The van der Waals surface area contributed by atoms with Crippen LogP contribution < -0.4 is 5.32 Å². The number of pyridine rings is 1. The molecular weight excluding hydrogens is 285 g/mol. The molecule has 0 aliphatic heterocycles. The Morgan fingerprint density at radius 1 is 1.14 bits per heavy atom. The van der Waals surface area contributed by atoms with Crippen molar-refractivity contribution in [3.05, 3.63) is 60.2 Å². The monoisotopic (exact) mass is 299 g/mol. The molecule has 1 N–H and O–H groups in total. The molecule has 3 rings (SSSR count). The highest BCUT2D eigenvalue weighted by Gasteiger charge is 2.16. The van der Waals surface area contributed by atoms with E-state index in [1.54, 1.807) is 12.3 Å². The van der Waals surface area contributed by atoms with Gasteiger partial charge in [-0.05, 0) is 24.7 Å². The molecule has 1 aromatic carbocycles. The van der Waals surface area contributed by atoms with E-state index in [4.69, 9.17) is 0 Å². The van der Waals surface area contributed by atoms with Crippen LogP contribution in [0, 0.1) is 5.82 Å². The molecule has 21 heavy (non-hydrogen) atoms. The van der Waals surface area contributed by atoms with Gasteiger partial charge < -0.3 is 5.32 Å². The highest BCUT2D eigenvalue weighted by molar-refractivity contribution is 7.18. The second-order valence-electron chi connectivity index (χ2n) is 4.53. The van der Waals surface area contributed by atoms with Gasteiger partial charge in [0.1, 0.15) is 10.7 Å². The van der Waals surface area contributed by atoms with Crippen LogP contribution in [0.25, 0.3) is 21.1 Å². The fourth-order valence-corrected chi connectivity index (χ4v) is 3.18. The molecule has 0 spiro atoms. The van der Waals surface area contributed by atoms with Crippen LogP contribution in [-0.4, -0.2) is 17.0 Å². The highest BCUT2D eigenvalue weighted by Crippen LogP contribution is 2.35. The van der Waals surface area contributed by atoms with E-state index in [2.05, 4.69) is 15.3 Å². The Labute approximate surface area is 126 Å². The molecule has 0 saturated carbocycles. The Morgan fingerprint density at radius 2 is 1.95 bits per heavy atom. The second-order valence-corrected chi connectivity index (χ2v) is 5.52. The predicted octanol–water partition coefficient (Wildman–Crippen LogP) is 3.73. The van der Waals surface area contributed by atoms with Crippen LogP contribution >= 0.6 is 11.3 Å². The van der Waals surface area contributed by atoms with Gasteiger partial charge >= 0.3 is 0 Å². The number of hydrogen-bond donors (Lipinski definition) is 1. The fourth-order valence-electron chi connectivity index (χ4n) is 2.10. The number of nitrogens with one attached hydrogen (secondary N) is 1.